The second kappa shape index (κ2) is 9.51. The van der Waals surface area contributed by atoms with E-state index in [4.69, 9.17) is 23.8 Å². The van der Waals surface area contributed by atoms with Crippen molar-refractivity contribution in [1.29, 1.82) is 0 Å². The third-order valence-electron chi connectivity index (χ3n) is 5.56. The lowest BCUT2D eigenvalue weighted by atomic mass is 9.84. The molecule has 1 aliphatic heterocycles. The highest BCUT2D eigenvalue weighted by Gasteiger charge is 2.53. The molecule has 0 saturated carbocycles. The Morgan fingerprint density at radius 1 is 0.969 bits per heavy atom. The first kappa shape index (κ1) is 22.0. The fraction of sp³-hybridized carbons (Fsp3) is 0.160. The fourth-order valence-electron chi connectivity index (χ4n) is 3.99. The van der Waals surface area contributed by atoms with E-state index in [1.807, 2.05) is 65.6 Å². The summed E-state index contributed by atoms with van der Waals surface area (Å²) >= 11 is 11.5. The van der Waals surface area contributed by atoms with Crippen LogP contribution in [0.4, 0.5) is 5.69 Å². The molecule has 1 atom stereocenters. The minimum atomic E-state index is -1.23. The molecule has 2 N–H and O–H groups in total. The van der Waals surface area contributed by atoms with Crippen molar-refractivity contribution < 1.29 is 9.59 Å². The molecule has 1 unspecified atom stereocenters. The van der Waals surface area contributed by atoms with Crippen LogP contribution in [0.5, 0.6) is 0 Å². The van der Waals surface area contributed by atoms with Gasteiger partial charge in [0.05, 0.1) is 6.42 Å². The van der Waals surface area contributed by atoms with Crippen molar-refractivity contribution in [3.63, 3.8) is 0 Å². The van der Waals surface area contributed by atoms with E-state index in [1.165, 1.54) is 0 Å². The van der Waals surface area contributed by atoms with Gasteiger partial charge in [-0.05, 0) is 54.0 Å². The third kappa shape index (κ3) is 4.52. The molecule has 1 saturated heterocycles. The van der Waals surface area contributed by atoms with E-state index in [-0.39, 0.29) is 18.2 Å². The van der Waals surface area contributed by atoms with Gasteiger partial charge in [-0.2, -0.15) is 0 Å². The SMILES string of the molecule is O=C(CC1(c2ccccc2)C(=O)NC(=S)N1CCc1ccccc1)Nc1ccc(Cl)cc1. The molecule has 32 heavy (non-hydrogen) atoms. The van der Waals surface area contributed by atoms with Crippen LogP contribution >= 0.6 is 23.8 Å². The molecule has 0 radical (unpaired) electrons. The molecule has 162 valence electrons. The molecule has 0 bridgehead atoms. The van der Waals surface area contributed by atoms with Gasteiger partial charge in [-0.15, -0.1) is 0 Å². The van der Waals surface area contributed by atoms with Crippen molar-refractivity contribution in [2.24, 2.45) is 0 Å². The zero-order valence-corrected chi connectivity index (χ0v) is 18.8. The number of rotatable bonds is 7. The van der Waals surface area contributed by atoms with Gasteiger partial charge in [0, 0.05) is 17.3 Å². The van der Waals surface area contributed by atoms with Gasteiger partial charge in [-0.25, -0.2) is 0 Å². The lowest BCUT2D eigenvalue weighted by Gasteiger charge is -2.36. The first-order valence-electron chi connectivity index (χ1n) is 10.3. The summed E-state index contributed by atoms with van der Waals surface area (Å²) in [5.74, 6) is -0.589. The highest BCUT2D eigenvalue weighted by Crippen LogP contribution is 2.37. The minimum Gasteiger partial charge on any atom is -0.330 e. The van der Waals surface area contributed by atoms with E-state index < -0.39 is 5.54 Å². The number of thiocarbonyl (C=S) groups is 1. The minimum absolute atomic E-state index is 0.0829. The first-order valence-corrected chi connectivity index (χ1v) is 11.1. The summed E-state index contributed by atoms with van der Waals surface area (Å²) in [5, 5.41) is 6.57. The van der Waals surface area contributed by atoms with E-state index in [0.29, 0.717) is 28.8 Å². The molecule has 1 aliphatic rings. The van der Waals surface area contributed by atoms with Gasteiger partial charge in [0.25, 0.3) is 5.91 Å². The maximum atomic E-state index is 13.3. The van der Waals surface area contributed by atoms with E-state index in [0.717, 1.165) is 11.1 Å². The predicted molar refractivity (Wildman–Crippen MR) is 130 cm³/mol. The molecule has 3 aromatic rings. The number of carbonyl (C=O) groups excluding carboxylic acids is 2. The quantitative estimate of drug-likeness (QED) is 0.505. The molecule has 7 heteroatoms. The summed E-state index contributed by atoms with van der Waals surface area (Å²) in [6.45, 7) is 0.491. The Bertz CT molecular complexity index is 1120. The number of halogens is 1. The van der Waals surface area contributed by atoms with Crippen molar-refractivity contribution in [2.45, 2.75) is 18.4 Å². The third-order valence-corrected chi connectivity index (χ3v) is 6.14. The highest BCUT2D eigenvalue weighted by molar-refractivity contribution is 7.80. The second-order valence-electron chi connectivity index (χ2n) is 7.60. The smallest absolute Gasteiger partial charge is 0.257 e. The van der Waals surface area contributed by atoms with Gasteiger partial charge in [-0.3, -0.25) is 9.59 Å². The second-order valence-corrected chi connectivity index (χ2v) is 8.43. The Balaban J connectivity index is 1.65. The van der Waals surface area contributed by atoms with E-state index in [2.05, 4.69) is 10.6 Å². The van der Waals surface area contributed by atoms with Gasteiger partial charge < -0.3 is 15.5 Å². The van der Waals surface area contributed by atoms with Gasteiger partial charge >= 0.3 is 0 Å². The summed E-state index contributed by atoms with van der Waals surface area (Å²) in [4.78, 5) is 28.3. The van der Waals surface area contributed by atoms with Gasteiger partial charge in [0.15, 0.2) is 10.7 Å². The van der Waals surface area contributed by atoms with Crippen LogP contribution in [0.1, 0.15) is 17.5 Å². The summed E-state index contributed by atoms with van der Waals surface area (Å²) in [5.41, 5.74) is 1.22. The largest absolute Gasteiger partial charge is 0.330 e. The predicted octanol–water partition coefficient (Wildman–Crippen LogP) is 4.52. The van der Waals surface area contributed by atoms with Crippen molar-refractivity contribution in [1.82, 2.24) is 10.2 Å². The number of amides is 2. The standard InChI is InChI=1S/C25H22ClN3O2S/c26-20-11-13-21(14-12-20)27-22(30)17-25(19-9-5-2-6-10-19)23(31)28-24(32)29(25)16-15-18-7-3-1-4-8-18/h1-14H,15-17H2,(H,27,30)(H,28,31,32). The molecule has 0 spiro atoms. The number of carbonyl (C=O) groups is 2. The maximum absolute atomic E-state index is 13.3. The Hall–Kier alpha value is -3.22. The average Bonchev–Trinajstić information content (AvgIpc) is 3.04. The van der Waals surface area contributed by atoms with Gasteiger partial charge in [0.1, 0.15) is 0 Å². The molecular weight excluding hydrogens is 442 g/mol. The molecule has 5 nitrogen and oxygen atoms in total. The summed E-state index contributed by atoms with van der Waals surface area (Å²) < 4.78 is 0. The summed E-state index contributed by atoms with van der Waals surface area (Å²) in [6, 6.07) is 26.2. The van der Waals surface area contributed by atoms with Crippen LogP contribution in [0.2, 0.25) is 5.02 Å². The molecule has 1 fully saturated rings. The van der Waals surface area contributed by atoms with Gasteiger partial charge in [-0.1, -0.05) is 72.3 Å². The topological polar surface area (TPSA) is 61.4 Å². The Kier molecular flexibility index (Phi) is 6.53. The van der Waals surface area contributed by atoms with E-state index in [1.54, 1.807) is 24.3 Å². The van der Waals surface area contributed by atoms with Gasteiger partial charge in [0.2, 0.25) is 5.91 Å². The molecule has 1 heterocycles. The lowest BCUT2D eigenvalue weighted by molar-refractivity contribution is -0.131. The van der Waals surface area contributed by atoms with Crippen molar-refractivity contribution in [3.05, 3.63) is 101 Å². The van der Waals surface area contributed by atoms with Crippen molar-refractivity contribution >= 4 is 46.4 Å². The van der Waals surface area contributed by atoms with Crippen LogP contribution in [0.25, 0.3) is 0 Å². The maximum Gasteiger partial charge on any atom is 0.257 e. The van der Waals surface area contributed by atoms with Crippen LogP contribution in [0.15, 0.2) is 84.9 Å². The number of hydrogen-bond acceptors (Lipinski definition) is 3. The van der Waals surface area contributed by atoms with Crippen LogP contribution in [-0.2, 0) is 21.5 Å². The molecule has 2 amide bonds. The normalized spacial score (nSPS) is 17.8. The van der Waals surface area contributed by atoms with E-state index >= 15 is 0 Å². The summed E-state index contributed by atoms with van der Waals surface area (Å²) in [7, 11) is 0. The Morgan fingerprint density at radius 2 is 1.59 bits per heavy atom. The number of anilines is 1. The Labute approximate surface area is 197 Å². The van der Waals surface area contributed by atoms with Crippen LogP contribution in [0, 0.1) is 0 Å². The monoisotopic (exact) mass is 463 g/mol. The molecule has 4 rings (SSSR count). The summed E-state index contributed by atoms with van der Waals surface area (Å²) in [6.07, 6.45) is 0.601. The van der Waals surface area contributed by atoms with Crippen LogP contribution < -0.4 is 10.6 Å². The number of hydrogen-bond donors (Lipinski definition) is 2. The number of nitrogens with zero attached hydrogens (tertiary/aromatic N) is 1. The molecule has 0 aliphatic carbocycles. The highest BCUT2D eigenvalue weighted by atomic mass is 35.5. The zero-order chi connectivity index (χ0) is 22.6. The Morgan fingerprint density at radius 3 is 2.25 bits per heavy atom. The lowest BCUT2D eigenvalue weighted by Crippen LogP contribution is -2.50. The van der Waals surface area contributed by atoms with Crippen LogP contribution in [0.3, 0.4) is 0 Å². The number of benzene rings is 3. The average molecular weight is 464 g/mol. The number of nitrogens with one attached hydrogen (secondary N) is 2. The van der Waals surface area contributed by atoms with E-state index in [9.17, 15) is 9.59 Å². The van der Waals surface area contributed by atoms with Crippen molar-refractivity contribution in [3.8, 4) is 0 Å². The zero-order valence-electron chi connectivity index (χ0n) is 17.3. The fourth-order valence-corrected chi connectivity index (χ4v) is 4.46. The van der Waals surface area contributed by atoms with Crippen molar-refractivity contribution in [2.75, 3.05) is 11.9 Å². The molecule has 3 aromatic carbocycles. The van der Waals surface area contributed by atoms with Crippen LogP contribution in [-0.4, -0.2) is 28.4 Å². The first-order chi connectivity index (χ1) is 15.5. The molecule has 0 aromatic heterocycles. The molecular formula is C25H22ClN3O2S.